The lowest BCUT2D eigenvalue weighted by Crippen LogP contribution is -2.01. The van der Waals surface area contributed by atoms with Gasteiger partial charge in [-0.25, -0.2) is 15.0 Å². The topological polar surface area (TPSA) is 56.7 Å². The Bertz CT molecular complexity index is 4190. The zero-order valence-electron chi connectivity index (χ0n) is 35.5. The minimum absolute atomic E-state index is 0.580. The van der Waals surface area contributed by atoms with E-state index in [1.807, 2.05) is 24.3 Å². The van der Waals surface area contributed by atoms with Crippen molar-refractivity contribution in [1.29, 1.82) is 0 Å². The second-order valence-electron chi connectivity index (χ2n) is 17.1. The molecule has 11 aromatic carbocycles. The number of fused-ring (bicyclic) bond motifs is 11. The van der Waals surface area contributed by atoms with E-state index in [0.29, 0.717) is 17.5 Å². The predicted octanol–water partition coefficient (Wildman–Crippen LogP) is 16.1. The van der Waals surface area contributed by atoms with Crippen LogP contribution in [0.1, 0.15) is 0 Å². The average molecular weight is 841 g/mol. The van der Waals surface area contributed by atoms with E-state index in [1.165, 1.54) is 37.7 Å². The molecule has 66 heavy (non-hydrogen) atoms. The number of furan rings is 1. The van der Waals surface area contributed by atoms with Crippen LogP contribution in [-0.2, 0) is 0 Å². The number of aromatic nitrogens is 4. The summed E-state index contributed by atoms with van der Waals surface area (Å²) in [5.41, 5.74) is 9.80. The van der Waals surface area contributed by atoms with Gasteiger partial charge in [0.2, 0.25) is 0 Å². The first kappa shape index (κ1) is 36.5. The maximum atomic E-state index is 6.96. The molecule has 0 atom stereocenters. The highest BCUT2D eigenvalue weighted by Crippen LogP contribution is 2.45. The smallest absolute Gasteiger partial charge is 0.164 e. The molecule has 3 aromatic heterocycles. The van der Waals surface area contributed by atoms with E-state index in [2.05, 4.69) is 199 Å². The fourth-order valence-electron chi connectivity index (χ4n) is 10.3. The quantitative estimate of drug-likeness (QED) is 0.162. The van der Waals surface area contributed by atoms with Crippen LogP contribution in [0.15, 0.2) is 223 Å². The minimum atomic E-state index is 0.580. The van der Waals surface area contributed by atoms with Crippen molar-refractivity contribution in [2.75, 3.05) is 0 Å². The Balaban J connectivity index is 1.06. The van der Waals surface area contributed by atoms with Crippen molar-refractivity contribution in [2.45, 2.75) is 0 Å². The zero-order chi connectivity index (χ0) is 43.3. The SMILES string of the molecule is c1ccc(-c2nc(-c3cc4ccccc4c4ccccc34)nc(-c3cccc4oc5cc(-n6c7cc8ccccc8cc7c7cc8ccccc8cc76)c(-c6ccccc6)cc5c34)n2)cc1. The van der Waals surface area contributed by atoms with Gasteiger partial charge in [0.25, 0.3) is 0 Å². The average Bonchev–Trinajstić information content (AvgIpc) is 3.90. The van der Waals surface area contributed by atoms with E-state index >= 15 is 0 Å². The summed E-state index contributed by atoms with van der Waals surface area (Å²) in [6, 6.07) is 77.6. The monoisotopic (exact) mass is 840 g/mol. The summed E-state index contributed by atoms with van der Waals surface area (Å²) in [7, 11) is 0. The third-order valence-electron chi connectivity index (χ3n) is 13.4. The number of hydrogen-bond donors (Lipinski definition) is 0. The van der Waals surface area contributed by atoms with Gasteiger partial charge in [0.15, 0.2) is 17.5 Å². The van der Waals surface area contributed by atoms with Crippen LogP contribution in [0.4, 0.5) is 0 Å². The van der Waals surface area contributed by atoms with Crippen LogP contribution in [0.5, 0.6) is 0 Å². The predicted molar refractivity (Wildman–Crippen MR) is 273 cm³/mol. The number of rotatable bonds is 5. The van der Waals surface area contributed by atoms with Crippen LogP contribution in [-0.4, -0.2) is 19.5 Å². The first-order chi connectivity index (χ1) is 32.7. The molecule has 5 nitrogen and oxygen atoms in total. The molecule has 0 aliphatic rings. The minimum Gasteiger partial charge on any atom is -0.456 e. The Morgan fingerprint density at radius 1 is 0.303 bits per heavy atom. The largest absolute Gasteiger partial charge is 0.456 e. The molecule has 0 aliphatic heterocycles. The molecule has 0 bridgehead atoms. The first-order valence-corrected chi connectivity index (χ1v) is 22.3. The molecule has 0 fully saturated rings. The zero-order valence-corrected chi connectivity index (χ0v) is 35.5. The van der Waals surface area contributed by atoms with E-state index in [-0.39, 0.29) is 0 Å². The summed E-state index contributed by atoms with van der Waals surface area (Å²) in [6.07, 6.45) is 0. The molecule has 0 N–H and O–H groups in total. The Kier molecular flexibility index (Phi) is 7.91. The van der Waals surface area contributed by atoms with Crippen molar-refractivity contribution in [3.63, 3.8) is 0 Å². The maximum Gasteiger partial charge on any atom is 0.164 e. The fourth-order valence-corrected chi connectivity index (χ4v) is 10.3. The van der Waals surface area contributed by atoms with E-state index in [4.69, 9.17) is 19.4 Å². The third-order valence-corrected chi connectivity index (χ3v) is 13.4. The van der Waals surface area contributed by atoms with Gasteiger partial charge in [-0.1, -0.05) is 170 Å². The van der Waals surface area contributed by atoms with Gasteiger partial charge in [0.05, 0.1) is 16.7 Å². The van der Waals surface area contributed by atoms with E-state index < -0.39 is 0 Å². The van der Waals surface area contributed by atoms with Crippen molar-refractivity contribution in [3.8, 4) is 51.0 Å². The van der Waals surface area contributed by atoms with E-state index in [0.717, 1.165) is 82.6 Å². The molecule has 0 saturated carbocycles. The van der Waals surface area contributed by atoms with Crippen LogP contribution in [0.3, 0.4) is 0 Å². The Labute approximate surface area is 378 Å². The fraction of sp³-hybridized carbons (Fsp3) is 0. The van der Waals surface area contributed by atoms with Crippen LogP contribution in [0, 0.1) is 0 Å². The second-order valence-corrected chi connectivity index (χ2v) is 17.1. The summed E-state index contributed by atoms with van der Waals surface area (Å²) >= 11 is 0. The number of nitrogens with zero attached hydrogens (tertiary/aromatic N) is 4. The molecule has 0 amide bonds. The highest BCUT2D eigenvalue weighted by Gasteiger charge is 2.23. The van der Waals surface area contributed by atoms with E-state index in [9.17, 15) is 0 Å². The van der Waals surface area contributed by atoms with Gasteiger partial charge in [-0.2, -0.15) is 0 Å². The molecule has 306 valence electrons. The lowest BCUT2D eigenvalue weighted by molar-refractivity contribution is 0.668. The number of hydrogen-bond acceptors (Lipinski definition) is 4. The molecular formula is C61H36N4O. The standard InChI is InChI=1S/C61H36N4O/c1-3-16-37(17-4-1)48-35-52-57(36-55(48)65-53-33-41-22-9-7-20-39(41)30-49(53)50-31-40-21-8-10-23-42(40)34-54(50)65)66-56-29-15-28-47(58(52)56)60-62-59(38-18-5-2-6-19-38)63-61(64-60)51-32-43-24-11-12-25-44(43)45-26-13-14-27-46(45)51/h1-36H. The van der Waals surface area contributed by atoms with Gasteiger partial charge in [-0.3, -0.25) is 0 Å². The molecule has 0 radical (unpaired) electrons. The molecular weight excluding hydrogens is 805 g/mol. The lowest BCUT2D eigenvalue weighted by atomic mass is 9.96. The van der Waals surface area contributed by atoms with Crippen LogP contribution in [0.2, 0.25) is 0 Å². The van der Waals surface area contributed by atoms with Crippen molar-refractivity contribution in [2.24, 2.45) is 0 Å². The summed E-state index contributed by atoms with van der Waals surface area (Å²) in [5, 5.41) is 13.7. The van der Waals surface area contributed by atoms with Gasteiger partial charge < -0.3 is 8.98 Å². The summed E-state index contributed by atoms with van der Waals surface area (Å²) in [4.78, 5) is 15.9. The van der Waals surface area contributed by atoms with Gasteiger partial charge >= 0.3 is 0 Å². The Morgan fingerprint density at radius 2 is 0.833 bits per heavy atom. The van der Waals surface area contributed by atoms with Crippen molar-refractivity contribution in [3.05, 3.63) is 218 Å². The lowest BCUT2D eigenvalue weighted by Gasteiger charge is -2.15. The van der Waals surface area contributed by atoms with Gasteiger partial charge in [0.1, 0.15) is 11.2 Å². The molecule has 0 unspecified atom stereocenters. The molecule has 14 rings (SSSR count). The Hall–Kier alpha value is -8.93. The third kappa shape index (κ3) is 5.63. The number of benzene rings is 11. The highest BCUT2D eigenvalue weighted by atomic mass is 16.3. The molecule has 3 heterocycles. The van der Waals surface area contributed by atoms with Crippen molar-refractivity contribution < 1.29 is 4.42 Å². The van der Waals surface area contributed by atoms with Crippen molar-refractivity contribution in [1.82, 2.24) is 19.5 Å². The second kappa shape index (κ2) is 14.3. The van der Waals surface area contributed by atoms with Gasteiger partial charge in [-0.15, -0.1) is 0 Å². The molecule has 5 heteroatoms. The summed E-state index contributed by atoms with van der Waals surface area (Å²) in [5.74, 6) is 1.80. The highest BCUT2D eigenvalue weighted by molar-refractivity contribution is 6.19. The maximum absolute atomic E-state index is 6.96. The molecule has 0 aliphatic carbocycles. The van der Waals surface area contributed by atoms with Gasteiger partial charge in [-0.05, 0) is 91.1 Å². The van der Waals surface area contributed by atoms with Crippen LogP contribution < -0.4 is 0 Å². The Morgan fingerprint density at radius 3 is 1.50 bits per heavy atom. The van der Waals surface area contributed by atoms with Crippen LogP contribution in [0.25, 0.3) is 138 Å². The molecule has 0 saturated heterocycles. The van der Waals surface area contributed by atoms with E-state index in [1.54, 1.807) is 0 Å². The summed E-state index contributed by atoms with van der Waals surface area (Å²) < 4.78 is 9.40. The summed E-state index contributed by atoms with van der Waals surface area (Å²) in [6.45, 7) is 0. The molecule has 0 spiro atoms. The molecule has 14 aromatic rings. The first-order valence-electron chi connectivity index (χ1n) is 22.3. The van der Waals surface area contributed by atoms with Gasteiger partial charge in [0, 0.05) is 49.9 Å². The van der Waals surface area contributed by atoms with Crippen molar-refractivity contribution >= 4 is 86.8 Å². The normalized spacial score (nSPS) is 11.9. The van der Waals surface area contributed by atoms with Crippen LogP contribution >= 0.6 is 0 Å².